The van der Waals surface area contributed by atoms with Gasteiger partial charge < -0.3 is 10.1 Å². The average Bonchev–Trinajstić information content (AvgIpc) is 3.24. The zero-order valence-corrected chi connectivity index (χ0v) is 13.8. The number of nitrogens with one attached hydrogen (secondary N) is 2. The van der Waals surface area contributed by atoms with E-state index in [1.807, 2.05) is 24.3 Å². The summed E-state index contributed by atoms with van der Waals surface area (Å²) in [5, 5.41) is 12.6. The monoisotopic (exact) mass is 347 g/mol. The molecule has 2 heterocycles. The molecule has 0 bridgehead atoms. The number of aromatic nitrogens is 4. The van der Waals surface area contributed by atoms with Gasteiger partial charge in [-0.15, -0.1) is 16.4 Å². The van der Waals surface area contributed by atoms with Crippen molar-refractivity contribution in [3.8, 4) is 17.1 Å². The Morgan fingerprint density at radius 2 is 2.30 bits per heavy atom. The summed E-state index contributed by atoms with van der Waals surface area (Å²) in [5.74, 6) is 1.38. The smallest absolute Gasteiger partial charge is 0.236 e. The van der Waals surface area contributed by atoms with Crippen molar-refractivity contribution in [1.82, 2.24) is 20.2 Å². The number of nitrogens with zero attached hydrogens (tertiary/aromatic N) is 3. The van der Waals surface area contributed by atoms with Gasteiger partial charge in [-0.2, -0.15) is 0 Å². The van der Waals surface area contributed by atoms with Gasteiger partial charge in [0.05, 0.1) is 18.4 Å². The standard InChI is InChI=1S/C14H13N5O2S2/c1-21-10-5-3-2-4-9(10)12-17-14(19-18-12)23-8-11(20)16-13-15-6-7-22-13/h2-7H,8H2,1H3,(H,15,16,20)(H,17,18,19). The van der Waals surface area contributed by atoms with Gasteiger partial charge in [-0.05, 0) is 12.1 Å². The van der Waals surface area contributed by atoms with Crippen LogP contribution in [0.25, 0.3) is 11.4 Å². The Balaban J connectivity index is 1.62. The molecule has 2 aromatic heterocycles. The van der Waals surface area contributed by atoms with Crippen LogP contribution in [0.5, 0.6) is 5.75 Å². The van der Waals surface area contributed by atoms with Crippen molar-refractivity contribution < 1.29 is 9.53 Å². The summed E-state index contributed by atoms with van der Waals surface area (Å²) < 4.78 is 5.30. The van der Waals surface area contributed by atoms with Gasteiger partial charge in [-0.25, -0.2) is 9.97 Å². The predicted molar refractivity (Wildman–Crippen MR) is 89.8 cm³/mol. The zero-order chi connectivity index (χ0) is 16.1. The molecule has 1 amide bonds. The highest BCUT2D eigenvalue weighted by Gasteiger charge is 2.12. The van der Waals surface area contributed by atoms with Crippen LogP contribution in [0.2, 0.25) is 0 Å². The summed E-state index contributed by atoms with van der Waals surface area (Å²) in [7, 11) is 1.60. The van der Waals surface area contributed by atoms with Crippen LogP contribution in [-0.2, 0) is 4.79 Å². The van der Waals surface area contributed by atoms with Crippen LogP contribution in [-0.4, -0.2) is 38.9 Å². The number of thioether (sulfide) groups is 1. The van der Waals surface area contributed by atoms with Crippen molar-refractivity contribution in [3.05, 3.63) is 35.8 Å². The van der Waals surface area contributed by atoms with Crippen molar-refractivity contribution in [1.29, 1.82) is 0 Å². The first kappa shape index (κ1) is 15.5. The highest BCUT2D eigenvalue weighted by atomic mass is 32.2. The second kappa shape index (κ2) is 7.25. The lowest BCUT2D eigenvalue weighted by Crippen LogP contribution is -2.13. The third-order valence-corrected chi connectivity index (χ3v) is 4.37. The number of amides is 1. The Kier molecular flexibility index (Phi) is 4.89. The molecule has 0 atom stereocenters. The summed E-state index contributed by atoms with van der Waals surface area (Å²) in [5.41, 5.74) is 0.821. The summed E-state index contributed by atoms with van der Waals surface area (Å²) in [6.07, 6.45) is 1.64. The average molecular weight is 347 g/mol. The summed E-state index contributed by atoms with van der Waals surface area (Å²) in [6.45, 7) is 0. The lowest BCUT2D eigenvalue weighted by Gasteiger charge is -2.04. The molecular weight excluding hydrogens is 334 g/mol. The van der Waals surface area contributed by atoms with Crippen LogP contribution >= 0.6 is 23.1 Å². The number of para-hydroxylation sites is 1. The maximum Gasteiger partial charge on any atom is 0.236 e. The van der Waals surface area contributed by atoms with Gasteiger partial charge in [0.2, 0.25) is 11.1 Å². The molecule has 23 heavy (non-hydrogen) atoms. The number of thiazole rings is 1. The van der Waals surface area contributed by atoms with Crippen LogP contribution in [0, 0.1) is 0 Å². The van der Waals surface area contributed by atoms with Crippen molar-refractivity contribution in [2.75, 3.05) is 18.2 Å². The van der Waals surface area contributed by atoms with Crippen molar-refractivity contribution in [2.45, 2.75) is 5.16 Å². The predicted octanol–water partition coefficient (Wildman–Crippen LogP) is 2.67. The van der Waals surface area contributed by atoms with E-state index in [9.17, 15) is 4.79 Å². The zero-order valence-electron chi connectivity index (χ0n) is 12.1. The minimum atomic E-state index is -0.145. The van der Waals surface area contributed by atoms with Crippen LogP contribution in [0.15, 0.2) is 41.0 Å². The number of hydrogen-bond acceptors (Lipinski definition) is 7. The second-order valence-electron chi connectivity index (χ2n) is 4.34. The molecule has 0 unspecified atom stereocenters. The number of carbonyl (C=O) groups is 1. The Morgan fingerprint density at radius 1 is 1.43 bits per heavy atom. The Labute approximate surface area is 140 Å². The molecule has 0 saturated carbocycles. The van der Waals surface area contributed by atoms with E-state index in [2.05, 4.69) is 25.5 Å². The molecule has 0 radical (unpaired) electrons. The molecule has 0 aliphatic heterocycles. The molecule has 0 aliphatic carbocycles. The number of benzene rings is 1. The number of carbonyl (C=O) groups excluding carboxylic acids is 1. The van der Waals surface area contributed by atoms with Crippen molar-refractivity contribution >= 4 is 34.1 Å². The van der Waals surface area contributed by atoms with Crippen LogP contribution in [0.3, 0.4) is 0 Å². The molecule has 0 fully saturated rings. The number of aromatic amines is 1. The first-order valence-corrected chi connectivity index (χ1v) is 8.50. The number of methoxy groups -OCH3 is 1. The van der Waals surface area contributed by atoms with Crippen molar-refractivity contribution in [3.63, 3.8) is 0 Å². The molecule has 3 rings (SSSR count). The summed E-state index contributed by atoms with van der Waals surface area (Å²) >= 11 is 2.62. The summed E-state index contributed by atoms with van der Waals surface area (Å²) in [6, 6.07) is 7.53. The minimum Gasteiger partial charge on any atom is -0.496 e. The Morgan fingerprint density at radius 3 is 3.09 bits per heavy atom. The van der Waals surface area contributed by atoms with Gasteiger partial charge in [0.1, 0.15) is 5.75 Å². The van der Waals surface area contributed by atoms with Crippen molar-refractivity contribution in [2.24, 2.45) is 0 Å². The first-order valence-electron chi connectivity index (χ1n) is 6.64. The number of rotatable bonds is 6. The first-order chi connectivity index (χ1) is 11.3. The van der Waals surface area contributed by atoms with E-state index in [-0.39, 0.29) is 11.7 Å². The summed E-state index contributed by atoms with van der Waals surface area (Å²) in [4.78, 5) is 20.2. The van der Waals surface area contributed by atoms with Gasteiger partial charge in [0.15, 0.2) is 11.0 Å². The molecular formula is C14H13N5O2S2. The van der Waals surface area contributed by atoms with E-state index in [1.54, 1.807) is 18.7 Å². The maximum absolute atomic E-state index is 11.8. The molecule has 3 aromatic rings. The molecule has 0 aliphatic rings. The van der Waals surface area contributed by atoms with E-state index in [4.69, 9.17) is 4.74 Å². The lowest BCUT2D eigenvalue weighted by molar-refractivity contribution is -0.113. The van der Waals surface area contributed by atoms with Crippen LogP contribution < -0.4 is 10.1 Å². The van der Waals surface area contributed by atoms with Gasteiger partial charge >= 0.3 is 0 Å². The molecule has 118 valence electrons. The largest absolute Gasteiger partial charge is 0.496 e. The van der Waals surface area contributed by atoms with Crippen LogP contribution in [0.4, 0.5) is 5.13 Å². The van der Waals surface area contributed by atoms with E-state index in [0.717, 1.165) is 5.56 Å². The SMILES string of the molecule is COc1ccccc1-c1nc(SCC(=O)Nc2nccs2)n[nH]1. The number of anilines is 1. The molecule has 0 spiro atoms. The number of H-pyrrole nitrogens is 1. The third-order valence-electron chi connectivity index (χ3n) is 2.84. The Hall–Kier alpha value is -2.39. The lowest BCUT2D eigenvalue weighted by atomic mass is 10.2. The molecule has 7 nitrogen and oxygen atoms in total. The fourth-order valence-corrected chi connectivity index (χ4v) is 2.99. The fourth-order valence-electron chi connectivity index (χ4n) is 1.84. The van der Waals surface area contributed by atoms with Gasteiger partial charge in [-0.3, -0.25) is 9.89 Å². The topological polar surface area (TPSA) is 92.8 Å². The Bertz CT molecular complexity index is 788. The molecule has 1 aromatic carbocycles. The van der Waals surface area contributed by atoms with E-state index < -0.39 is 0 Å². The highest BCUT2D eigenvalue weighted by Crippen LogP contribution is 2.27. The maximum atomic E-state index is 11.8. The molecule has 9 heteroatoms. The number of ether oxygens (including phenoxy) is 1. The quantitative estimate of drug-likeness (QED) is 0.666. The number of hydrogen-bond donors (Lipinski definition) is 2. The van der Waals surface area contributed by atoms with Gasteiger partial charge in [0.25, 0.3) is 0 Å². The van der Waals surface area contributed by atoms with Gasteiger partial charge in [0, 0.05) is 11.6 Å². The highest BCUT2D eigenvalue weighted by molar-refractivity contribution is 7.99. The van der Waals surface area contributed by atoms with Crippen LogP contribution in [0.1, 0.15) is 0 Å². The second-order valence-corrected chi connectivity index (χ2v) is 6.18. The van der Waals surface area contributed by atoms with E-state index in [1.165, 1.54) is 23.1 Å². The fraction of sp³-hybridized carbons (Fsp3) is 0.143. The third kappa shape index (κ3) is 3.88. The van der Waals surface area contributed by atoms with E-state index in [0.29, 0.717) is 21.9 Å². The minimum absolute atomic E-state index is 0.145. The normalized spacial score (nSPS) is 10.5. The van der Waals surface area contributed by atoms with E-state index >= 15 is 0 Å². The molecule has 0 saturated heterocycles. The molecule has 2 N–H and O–H groups in total. The van der Waals surface area contributed by atoms with Gasteiger partial charge in [-0.1, -0.05) is 23.9 Å².